The smallest absolute Gasteiger partial charge is 0.329 e. The van der Waals surface area contributed by atoms with Gasteiger partial charge in [-0.05, 0) is 25.0 Å². The van der Waals surface area contributed by atoms with E-state index in [9.17, 15) is 14.7 Å². The van der Waals surface area contributed by atoms with Crippen LogP contribution in [0.1, 0.15) is 37.1 Å². The Kier molecular flexibility index (Phi) is 5.40. The minimum Gasteiger partial charge on any atom is -0.480 e. The van der Waals surface area contributed by atoms with Gasteiger partial charge in [0, 0.05) is 5.75 Å². The number of carbonyl (C=O) groups excluding carboxylic acids is 1. The number of aliphatic carboxylic acids is 1. The van der Waals surface area contributed by atoms with Crippen molar-refractivity contribution in [2.75, 3.05) is 5.75 Å². The molecule has 2 N–H and O–H groups in total. The molecule has 0 radical (unpaired) electrons. The van der Waals surface area contributed by atoms with Crippen LogP contribution in [0.25, 0.3) is 10.2 Å². The molecule has 2 aromatic rings. The molecule has 0 unspecified atom stereocenters. The van der Waals surface area contributed by atoms with E-state index in [2.05, 4.69) is 10.3 Å². The van der Waals surface area contributed by atoms with E-state index in [4.69, 9.17) is 0 Å². The first-order valence-electron chi connectivity index (χ1n) is 8.06. The van der Waals surface area contributed by atoms with Crippen LogP contribution >= 0.6 is 23.1 Å². The average Bonchev–Trinajstić information content (AvgIpc) is 2.98. The molecule has 5 nitrogen and oxygen atoms in total. The Morgan fingerprint density at radius 3 is 2.71 bits per heavy atom. The standard InChI is InChI=1S/C17H20N2O3S2/c20-14(19-17(16(21)22)8-4-1-5-9-17)10-23-11-15-18-12-6-2-3-7-13(12)24-15/h2-3,6-7H,1,4-5,8-11H2,(H,19,20)(H,21,22). The van der Waals surface area contributed by atoms with Crippen LogP contribution in [0.15, 0.2) is 24.3 Å². The normalized spacial score (nSPS) is 16.8. The van der Waals surface area contributed by atoms with Crippen molar-refractivity contribution >= 4 is 45.2 Å². The van der Waals surface area contributed by atoms with Crippen LogP contribution in [0.2, 0.25) is 0 Å². The van der Waals surface area contributed by atoms with E-state index in [0.29, 0.717) is 18.6 Å². The van der Waals surface area contributed by atoms with E-state index in [0.717, 1.165) is 34.5 Å². The quantitative estimate of drug-likeness (QED) is 0.821. The fraction of sp³-hybridized carbons (Fsp3) is 0.471. The molecule has 1 amide bonds. The summed E-state index contributed by atoms with van der Waals surface area (Å²) in [6, 6.07) is 7.96. The van der Waals surface area contributed by atoms with E-state index >= 15 is 0 Å². The molecule has 0 saturated heterocycles. The van der Waals surface area contributed by atoms with Gasteiger partial charge in [-0.2, -0.15) is 0 Å². The van der Waals surface area contributed by atoms with Crippen LogP contribution in [0.3, 0.4) is 0 Å². The lowest BCUT2D eigenvalue weighted by atomic mass is 9.81. The summed E-state index contributed by atoms with van der Waals surface area (Å²) in [5.41, 5.74) is -0.0826. The summed E-state index contributed by atoms with van der Waals surface area (Å²) in [6.45, 7) is 0. The predicted octanol–water partition coefficient (Wildman–Crippen LogP) is 3.43. The van der Waals surface area contributed by atoms with Crippen molar-refractivity contribution < 1.29 is 14.7 Å². The van der Waals surface area contributed by atoms with E-state index in [1.54, 1.807) is 11.3 Å². The van der Waals surface area contributed by atoms with Crippen molar-refractivity contribution in [3.63, 3.8) is 0 Å². The van der Waals surface area contributed by atoms with Crippen molar-refractivity contribution in [1.82, 2.24) is 10.3 Å². The first-order valence-corrected chi connectivity index (χ1v) is 10.0. The van der Waals surface area contributed by atoms with Crippen LogP contribution in [-0.4, -0.2) is 33.3 Å². The van der Waals surface area contributed by atoms with Gasteiger partial charge in [0.05, 0.1) is 16.0 Å². The predicted molar refractivity (Wildman–Crippen MR) is 97.4 cm³/mol. The maximum atomic E-state index is 12.2. The largest absolute Gasteiger partial charge is 0.480 e. The van der Waals surface area contributed by atoms with Crippen LogP contribution in [-0.2, 0) is 15.3 Å². The van der Waals surface area contributed by atoms with E-state index in [1.807, 2.05) is 24.3 Å². The number of hydrogen-bond donors (Lipinski definition) is 2. The van der Waals surface area contributed by atoms with Crippen LogP contribution in [0.4, 0.5) is 0 Å². The van der Waals surface area contributed by atoms with Gasteiger partial charge in [-0.15, -0.1) is 23.1 Å². The van der Waals surface area contributed by atoms with Gasteiger partial charge in [-0.25, -0.2) is 9.78 Å². The number of nitrogens with zero attached hydrogens (tertiary/aromatic N) is 1. The number of thioether (sulfide) groups is 1. The second-order valence-corrected chi connectivity index (χ2v) is 8.17. The van der Waals surface area contributed by atoms with Gasteiger partial charge in [0.25, 0.3) is 0 Å². The number of aromatic nitrogens is 1. The lowest BCUT2D eigenvalue weighted by Gasteiger charge is -2.33. The Labute approximate surface area is 148 Å². The Bertz CT molecular complexity index is 705. The van der Waals surface area contributed by atoms with Crippen molar-refractivity contribution in [3.8, 4) is 0 Å². The third-order valence-corrected chi connectivity index (χ3v) is 6.46. The summed E-state index contributed by atoms with van der Waals surface area (Å²) in [5, 5.41) is 13.2. The minimum atomic E-state index is -1.06. The van der Waals surface area contributed by atoms with Crippen molar-refractivity contribution in [1.29, 1.82) is 0 Å². The summed E-state index contributed by atoms with van der Waals surface area (Å²) in [7, 11) is 0. The van der Waals surface area contributed by atoms with Gasteiger partial charge in [-0.1, -0.05) is 31.4 Å². The molecule has 0 atom stereocenters. The highest BCUT2D eigenvalue weighted by Crippen LogP contribution is 2.29. The monoisotopic (exact) mass is 364 g/mol. The van der Waals surface area contributed by atoms with Crippen LogP contribution in [0, 0.1) is 0 Å². The number of para-hydroxylation sites is 1. The molecule has 24 heavy (non-hydrogen) atoms. The second kappa shape index (κ2) is 7.53. The van der Waals surface area contributed by atoms with Gasteiger partial charge in [0.2, 0.25) is 5.91 Å². The molecule has 1 saturated carbocycles. The molecule has 7 heteroatoms. The number of fused-ring (bicyclic) bond motifs is 1. The molecule has 3 rings (SSSR count). The average molecular weight is 364 g/mol. The topological polar surface area (TPSA) is 79.3 Å². The van der Waals surface area contributed by atoms with Gasteiger partial charge in [0.15, 0.2) is 0 Å². The number of nitrogens with one attached hydrogen (secondary N) is 1. The zero-order valence-electron chi connectivity index (χ0n) is 13.3. The van der Waals surface area contributed by atoms with E-state index in [-0.39, 0.29) is 11.7 Å². The Morgan fingerprint density at radius 2 is 2.00 bits per heavy atom. The van der Waals surface area contributed by atoms with Crippen molar-refractivity contribution in [3.05, 3.63) is 29.3 Å². The highest BCUT2D eigenvalue weighted by molar-refractivity contribution is 7.99. The number of amides is 1. The Hall–Kier alpha value is -1.60. The molecule has 1 aromatic carbocycles. The summed E-state index contributed by atoms with van der Waals surface area (Å²) in [4.78, 5) is 28.3. The first-order chi connectivity index (χ1) is 11.6. The summed E-state index contributed by atoms with van der Waals surface area (Å²) in [5.74, 6) is -0.199. The van der Waals surface area contributed by atoms with Gasteiger partial charge in [-0.3, -0.25) is 4.79 Å². The maximum absolute atomic E-state index is 12.2. The number of thiazole rings is 1. The van der Waals surface area contributed by atoms with Gasteiger partial charge >= 0.3 is 5.97 Å². The first kappa shape index (κ1) is 17.2. The Morgan fingerprint density at radius 1 is 1.25 bits per heavy atom. The number of carbonyl (C=O) groups is 2. The molecule has 0 aliphatic heterocycles. The molecule has 0 bridgehead atoms. The number of rotatable bonds is 6. The third kappa shape index (κ3) is 3.89. The molecule has 1 aromatic heterocycles. The highest BCUT2D eigenvalue weighted by atomic mass is 32.2. The zero-order valence-corrected chi connectivity index (χ0v) is 14.9. The fourth-order valence-electron chi connectivity index (χ4n) is 3.06. The number of carboxylic acid groups (broad SMARTS) is 1. The minimum absolute atomic E-state index is 0.203. The van der Waals surface area contributed by atoms with Gasteiger partial charge in [0.1, 0.15) is 10.5 Å². The lowest BCUT2D eigenvalue weighted by molar-refractivity contribution is -0.148. The molecule has 1 aliphatic carbocycles. The van der Waals surface area contributed by atoms with Crippen LogP contribution in [0.5, 0.6) is 0 Å². The number of benzene rings is 1. The molecule has 1 fully saturated rings. The Balaban J connectivity index is 1.52. The van der Waals surface area contributed by atoms with E-state index < -0.39 is 11.5 Å². The van der Waals surface area contributed by atoms with Crippen molar-refractivity contribution in [2.45, 2.75) is 43.4 Å². The van der Waals surface area contributed by atoms with Crippen LogP contribution < -0.4 is 5.32 Å². The zero-order chi connectivity index (χ0) is 17.0. The lowest BCUT2D eigenvalue weighted by Crippen LogP contribution is -2.56. The molecular weight excluding hydrogens is 344 g/mol. The molecule has 1 heterocycles. The molecule has 0 spiro atoms. The highest BCUT2D eigenvalue weighted by Gasteiger charge is 2.40. The number of carboxylic acids is 1. The number of hydrogen-bond acceptors (Lipinski definition) is 5. The fourth-order valence-corrected chi connectivity index (χ4v) is 4.91. The SMILES string of the molecule is O=C(CSCc1nc2ccccc2s1)NC1(C(=O)O)CCCCC1. The molecular formula is C17H20N2O3S2. The van der Waals surface area contributed by atoms with Gasteiger partial charge < -0.3 is 10.4 Å². The molecule has 1 aliphatic rings. The molecule has 128 valence electrons. The summed E-state index contributed by atoms with van der Waals surface area (Å²) >= 11 is 3.10. The van der Waals surface area contributed by atoms with E-state index in [1.165, 1.54) is 11.8 Å². The third-order valence-electron chi connectivity index (χ3n) is 4.29. The summed E-state index contributed by atoms with van der Waals surface area (Å²) in [6.07, 6.45) is 3.79. The second-order valence-electron chi connectivity index (χ2n) is 6.06. The summed E-state index contributed by atoms with van der Waals surface area (Å²) < 4.78 is 1.14. The van der Waals surface area contributed by atoms with Crippen molar-refractivity contribution in [2.24, 2.45) is 0 Å². The maximum Gasteiger partial charge on any atom is 0.329 e.